The lowest BCUT2D eigenvalue weighted by molar-refractivity contribution is -0.380. The largest absolute Gasteiger partial charge is 0.468 e. The van der Waals surface area contributed by atoms with Crippen molar-refractivity contribution in [3.8, 4) is 0 Å². The first kappa shape index (κ1) is 13.4. The number of anilines is 1. The van der Waals surface area contributed by atoms with Gasteiger partial charge in [0, 0.05) is 6.04 Å². The molecule has 0 bridgehead atoms. The van der Waals surface area contributed by atoms with Crippen molar-refractivity contribution in [1.29, 1.82) is 0 Å². The number of esters is 1. The third-order valence-corrected chi connectivity index (χ3v) is 3.04. The maximum absolute atomic E-state index is 11.2. The molecule has 0 saturated carbocycles. The second kappa shape index (κ2) is 5.58. The Hall–Kier alpha value is -1.70. The minimum atomic E-state index is -0.502. The molecule has 1 aromatic rings. The van der Waals surface area contributed by atoms with E-state index in [9.17, 15) is 14.9 Å². The fourth-order valence-electron chi connectivity index (χ4n) is 1.15. The zero-order valence-electron chi connectivity index (χ0n) is 9.74. The molecule has 1 aromatic heterocycles. The number of nitro groups is 1. The number of carbonyl (C=O) groups excluding carboxylic acids is 1. The number of thiazole rings is 1. The van der Waals surface area contributed by atoms with Crippen LogP contribution in [0.15, 0.2) is 6.20 Å². The van der Waals surface area contributed by atoms with Crippen LogP contribution >= 0.6 is 11.3 Å². The summed E-state index contributed by atoms with van der Waals surface area (Å²) in [5.41, 5.74) is 0. The molecule has 0 aromatic carbocycles. The average molecular weight is 259 g/mol. The van der Waals surface area contributed by atoms with Crippen molar-refractivity contribution in [2.75, 3.05) is 18.6 Å². The predicted octanol–water partition coefficient (Wildman–Crippen LogP) is 1.44. The van der Waals surface area contributed by atoms with Crippen LogP contribution < -0.4 is 4.90 Å². The Morgan fingerprint density at radius 1 is 1.71 bits per heavy atom. The Kier molecular flexibility index (Phi) is 4.38. The van der Waals surface area contributed by atoms with E-state index in [1.54, 1.807) is 4.90 Å². The Bertz CT molecular complexity index is 418. The van der Waals surface area contributed by atoms with Crippen LogP contribution in [0.4, 0.5) is 10.1 Å². The van der Waals surface area contributed by atoms with Gasteiger partial charge in [0.25, 0.3) is 0 Å². The van der Waals surface area contributed by atoms with Gasteiger partial charge in [0.2, 0.25) is 0 Å². The van der Waals surface area contributed by atoms with Crippen LogP contribution in [0.3, 0.4) is 0 Å². The van der Waals surface area contributed by atoms with Crippen LogP contribution in [0, 0.1) is 10.1 Å². The predicted molar refractivity (Wildman–Crippen MR) is 63.3 cm³/mol. The maximum Gasteiger partial charge on any atom is 0.345 e. The molecule has 94 valence electrons. The van der Waals surface area contributed by atoms with Crippen molar-refractivity contribution in [2.45, 2.75) is 19.9 Å². The van der Waals surface area contributed by atoms with E-state index in [0.29, 0.717) is 5.13 Å². The molecule has 0 aliphatic rings. The topological polar surface area (TPSA) is 85.6 Å². The van der Waals surface area contributed by atoms with Gasteiger partial charge in [0.05, 0.1) is 12.0 Å². The molecule has 17 heavy (non-hydrogen) atoms. The molecule has 7 nitrogen and oxygen atoms in total. The van der Waals surface area contributed by atoms with Gasteiger partial charge in [-0.25, -0.2) is 4.98 Å². The zero-order chi connectivity index (χ0) is 13.0. The molecular weight excluding hydrogens is 246 g/mol. The number of ether oxygens (including phenoxy) is 1. The van der Waals surface area contributed by atoms with Crippen LogP contribution in [-0.2, 0) is 9.53 Å². The highest BCUT2D eigenvalue weighted by Gasteiger charge is 2.21. The van der Waals surface area contributed by atoms with Crippen molar-refractivity contribution < 1.29 is 14.5 Å². The summed E-state index contributed by atoms with van der Waals surface area (Å²) in [6.07, 6.45) is 1.19. The smallest absolute Gasteiger partial charge is 0.345 e. The second-order valence-electron chi connectivity index (χ2n) is 3.54. The molecule has 0 atom stereocenters. The van der Waals surface area contributed by atoms with Crippen LogP contribution in [0.1, 0.15) is 13.8 Å². The molecule has 1 heterocycles. The molecule has 0 aliphatic heterocycles. The monoisotopic (exact) mass is 259 g/mol. The summed E-state index contributed by atoms with van der Waals surface area (Å²) in [6, 6.07) is -0.000135. The van der Waals surface area contributed by atoms with Gasteiger partial charge in [-0.2, -0.15) is 0 Å². The molecule has 0 radical (unpaired) electrons. The van der Waals surface area contributed by atoms with Gasteiger partial charge in [-0.15, -0.1) is 0 Å². The highest BCUT2D eigenvalue weighted by atomic mass is 32.1. The maximum atomic E-state index is 11.2. The quantitative estimate of drug-likeness (QED) is 0.452. The number of carbonyl (C=O) groups is 1. The fourth-order valence-corrected chi connectivity index (χ4v) is 2.01. The minimum absolute atomic E-state index is 0.000135. The molecule has 0 N–H and O–H groups in total. The first-order valence-corrected chi connectivity index (χ1v) is 5.71. The number of rotatable bonds is 5. The van der Waals surface area contributed by atoms with Crippen molar-refractivity contribution in [3.63, 3.8) is 0 Å². The van der Waals surface area contributed by atoms with Gasteiger partial charge < -0.3 is 9.64 Å². The van der Waals surface area contributed by atoms with Crippen LogP contribution in [-0.4, -0.2) is 35.6 Å². The fraction of sp³-hybridized carbons (Fsp3) is 0.556. The third kappa shape index (κ3) is 3.38. The number of hydrogen-bond donors (Lipinski definition) is 0. The lowest BCUT2D eigenvalue weighted by atomic mass is 10.3. The summed E-state index contributed by atoms with van der Waals surface area (Å²) in [5.74, 6) is -0.406. The summed E-state index contributed by atoms with van der Waals surface area (Å²) in [5, 5.41) is 10.9. The normalized spacial score (nSPS) is 10.4. The summed E-state index contributed by atoms with van der Waals surface area (Å²) >= 11 is 0.938. The van der Waals surface area contributed by atoms with E-state index in [1.165, 1.54) is 13.3 Å². The summed E-state index contributed by atoms with van der Waals surface area (Å²) in [7, 11) is 1.30. The van der Waals surface area contributed by atoms with E-state index in [0.717, 1.165) is 11.3 Å². The molecule has 0 spiro atoms. The lowest BCUT2D eigenvalue weighted by Gasteiger charge is -2.24. The van der Waals surface area contributed by atoms with Crippen molar-refractivity contribution in [1.82, 2.24) is 4.98 Å². The summed E-state index contributed by atoms with van der Waals surface area (Å²) in [4.78, 5) is 26.9. The van der Waals surface area contributed by atoms with Crippen molar-refractivity contribution in [3.05, 3.63) is 16.3 Å². The van der Waals surface area contributed by atoms with Gasteiger partial charge in [-0.05, 0) is 25.2 Å². The highest BCUT2D eigenvalue weighted by Crippen LogP contribution is 2.29. The number of hydrogen-bond acceptors (Lipinski definition) is 7. The van der Waals surface area contributed by atoms with E-state index in [1.807, 2.05) is 13.8 Å². The Labute approximate surface area is 102 Å². The Morgan fingerprint density at radius 3 is 2.76 bits per heavy atom. The molecule has 0 saturated heterocycles. The molecule has 0 amide bonds. The van der Waals surface area contributed by atoms with Gasteiger partial charge >= 0.3 is 11.0 Å². The SMILES string of the molecule is COC(=O)CN(c1ncc([N+](=O)[O-])s1)C(C)C. The molecule has 1 rings (SSSR count). The second-order valence-corrected chi connectivity index (χ2v) is 4.52. The van der Waals surface area contributed by atoms with Crippen molar-refractivity contribution >= 4 is 27.4 Å². The van der Waals surface area contributed by atoms with E-state index in [4.69, 9.17) is 0 Å². The average Bonchev–Trinajstić information content (AvgIpc) is 2.74. The molecule has 0 unspecified atom stereocenters. The Balaban J connectivity index is 2.89. The standard InChI is InChI=1S/C9H13N3O4S/c1-6(2)11(5-8(13)16-3)9-10-4-7(17-9)12(14)15/h4,6H,5H2,1-3H3. The first-order chi connectivity index (χ1) is 7.95. The highest BCUT2D eigenvalue weighted by molar-refractivity contribution is 7.18. The number of methoxy groups -OCH3 is 1. The number of aromatic nitrogens is 1. The number of nitrogens with zero attached hydrogens (tertiary/aromatic N) is 3. The van der Waals surface area contributed by atoms with Crippen LogP contribution in [0.25, 0.3) is 0 Å². The van der Waals surface area contributed by atoms with Crippen LogP contribution in [0.5, 0.6) is 0 Å². The van der Waals surface area contributed by atoms with Gasteiger partial charge in [-0.1, -0.05) is 0 Å². The van der Waals surface area contributed by atoms with Gasteiger partial charge in [0.15, 0.2) is 5.13 Å². The third-order valence-electron chi connectivity index (χ3n) is 2.06. The lowest BCUT2D eigenvalue weighted by Crippen LogP contribution is -2.36. The Morgan fingerprint density at radius 2 is 2.35 bits per heavy atom. The van der Waals surface area contributed by atoms with Gasteiger partial charge in [0.1, 0.15) is 12.7 Å². The van der Waals surface area contributed by atoms with Crippen molar-refractivity contribution in [2.24, 2.45) is 0 Å². The zero-order valence-corrected chi connectivity index (χ0v) is 10.6. The molecular formula is C9H13N3O4S. The molecule has 8 heteroatoms. The van der Waals surface area contributed by atoms with E-state index >= 15 is 0 Å². The summed E-state index contributed by atoms with van der Waals surface area (Å²) < 4.78 is 4.57. The van der Waals surface area contributed by atoms with E-state index in [-0.39, 0.29) is 17.6 Å². The summed E-state index contributed by atoms with van der Waals surface area (Å²) in [6.45, 7) is 3.77. The minimum Gasteiger partial charge on any atom is -0.468 e. The van der Waals surface area contributed by atoms with Gasteiger partial charge in [-0.3, -0.25) is 14.9 Å². The molecule has 0 fully saturated rings. The van der Waals surface area contributed by atoms with Crippen LogP contribution in [0.2, 0.25) is 0 Å². The first-order valence-electron chi connectivity index (χ1n) is 4.89. The van der Waals surface area contributed by atoms with E-state index in [2.05, 4.69) is 9.72 Å². The molecule has 0 aliphatic carbocycles. The van der Waals surface area contributed by atoms with E-state index < -0.39 is 10.9 Å².